The van der Waals surface area contributed by atoms with Gasteiger partial charge in [0.15, 0.2) is 0 Å². The molecule has 0 aromatic heterocycles. The Morgan fingerprint density at radius 3 is 2.39 bits per heavy atom. The average molecular weight is 266 g/mol. The molecule has 1 aromatic carbocycles. The van der Waals surface area contributed by atoms with E-state index in [9.17, 15) is 9.59 Å². The SMILES string of the molecule is CCNC(=O)[C@H](C)Sc1ccc(NC(C)=O)cc1. The van der Waals surface area contributed by atoms with E-state index in [1.54, 1.807) is 0 Å². The highest BCUT2D eigenvalue weighted by atomic mass is 32.2. The fourth-order valence-electron chi connectivity index (χ4n) is 1.40. The number of rotatable bonds is 5. The fourth-order valence-corrected chi connectivity index (χ4v) is 2.29. The number of amides is 2. The van der Waals surface area contributed by atoms with Gasteiger partial charge in [0.25, 0.3) is 0 Å². The number of anilines is 1. The third kappa shape index (κ3) is 4.79. The molecule has 1 aromatic rings. The van der Waals surface area contributed by atoms with Crippen molar-refractivity contribution in [2.75, 3.05) is 11.9 Å². The number of carbonyl (C=O) groups is 2. The van der Waals surface area contributed by atoms with E-state index in [4.69, 9.17) is 0 Å². The van der Waals surface area contributed by atoms with E-state index >= 15 is 0 Å². The third-order valence-corrected chi connectivity index (χ3v) is 3.32. The molecule has 0 aliphatic rings. The molecule has 0 spiro atoms. The minimum Gasteiger partial charge on any atom is -0.355 e. The summed E-state index contributed by atoms with van der Waals surface area (Å²) >= 11 is 1.49. The second-order valence-electron chi connectivity index (χ2n) is 3.86. The predicted molar refractivity (Wildman–Crippen MR) is 74.7 cm³/mol. The van der Waals surface area contributed by atoms with Gasteiger partial charge in [-0.25, -0.2) is 0 Å². The Bertz CT molecular complexity index is 418. The first-order valence-electron chi connectivity index (χ1n) is 5.85. The van der Waals surface area contributed by atoms with Crippen LogP contribution < -0.4 is 10.6 Å². The average Bonchev–Trinajstić information content (AvgIpc) is 2.31. The van der Waals surface area contributed by atoms with E-state index in [0.717, 1.165) is 10.6 Å². The van der Waals surface area contributed by atoms with Gasteiger partial charge < -0.3 is 10.6 Å². The van der Waals surface area contributed by atoms with Gasteiger partial charge in [-0.15, -0.1) is 11.8 Å². The van der Waals surface area contributed by atoms with Crippen molar-refractivity contribution >= 4 is 29.3 Å². The summed E-state index contributed by atoms with van der Waals surface area (Å²) in [6, 6.07) is 7.44. The van der Waals surface area contributed by atoms with Crippen molar-refractivity contribution in [1.29, 1.82) is 0 Å². The molecule has 0 heterocycles. The molecule has 0 radical (unpaired) electrons. The number of carbonyl (C=O) groups excluding carboxylic acids is 2. The van der Waals surface area contributed by atoms with Crippen LogP contribution in [0, 0.1) is 0 Å². The summed E-state index contributed by atoms with van der Waals surface area (Å²) in [5.41, 5.74) is 0.762. The van der Waals surface area contributed by atoms with Crippen LogP contribution in [0.15, 0.2) is 29.2 Å². The number of hydrogen-bond donors (Lipinski definition) is 2. The maximum atomic E-state index is 11.6. The first-order valence-corrected chi connectivity index (χ1v) is 6.73. The zero-order valence-corrected chi connectivity index (χ0v) is 11.6. The summed E-state index contributed by atoms with van der Waals surface area (Å²) in [5.74, 6) is -0.0560. The van der Waals surface area contributed by atoms with Crippen molar-refractivity contribution < 1.29 is 9.59 Å². The van der Waals surface area contributed by atoms with Crippen molar-refractivity contribution in [2.24, 2.45) is 0 Å². The number of thioether (sulfide) groups is 1. The zero-order valence-electron chi connectivity index (χ0n) is 10.8. The molecule has 2 N–H and O–H groups in total. The van der Waals surface area contributed by atoms with Gasteiger partial charge >= 0.3 is 0 Å². The smallest absolute Gasteiger partial charge is 0.233 e. The zero-order chi connectivity index (χ0) is 13.5. The molecule has 0 unspecified atom stereocenters. The molecule has 1 rings (SSSR count). The Labute approximate surface area is 112 Å². The Hall–Kier alpha value is -1.49. The van der Waals surface area contributed by atoms with Gasteiger partial charge in [0, 0.05) is 24.1 Å². The van der Waals surface area contributed by atoms with Crippen LogP contribution in [0.25, 0.3) is 0 Å². The summed E-state index contributed by atoms with van der Waals surface area (Å²) in [7, 11) is 0. The molecule has 5 heteroatoms. The van der Waals surface area contributed by atoms with E-state index < -0.39 is 0 Å². The first kappa shape index (κ1) is 14.6. The molecule has 18 heavy (non-hydrogen) atoms. The topological polar surface area (TPSA) is 58.2 Å². The number of hydrogen-bond acceptors (Lipinski definition) is 3. The van der Waals surface area contributed by atoms with Crippen molar-refractivity contribution in [3.63, 3.8) is 0 Å². The van der Waals surface area contributed by atoms with Crippen LogP contribution in [-0.4, -0.2) is 23.6 Å². The minimum atomic E-state index is -0.128. The quantitative estimate of drug-likeness (QED) is 0.804. The molecular weight excluding hydrogens is 248 g/mol. The molecule has 0 saturated heterocycles. The lowest BCUT2D eigenvalue weighted by molar-refractivity contribution is -0.120. The van der Waals surface area contributed by atoms with Crippen LogP contribution in [0.2, 0.25) is 0 Å². The molecule has 4 nitrogen and oxygen atoms in total. The Balaban J connectivity index is 2.58. The summed E-state index contributed by atoms with van der Waals surface area (Å²) in [4.78, 5) is 23.4. The molecule has 0 saturated carbocycles. The second-order valence-corrected chi connectivity index (χ2v) is 5.27. The van der Waals surface area contributed by atoms with Crippen molar-refractivity contribution in [1.82, 2.24) is 5.32 Å². The third-order valence-electron chi connectivity index (χ3n) is 2.21. The van der Waals surface area contributed by atoms with Crippen molar-refractivity contribution in [3.8, 4) is 0 Å². The van der Waals surface area contributed by atoms with E-state index in [1.165, 1.54) is 18.7 Å². The highest BCUT2D eigenvalue weighted by molar-refractivity contribution is 8.00. The maximum absolute atomic E-state index is 11.6. The van der Waals surface area contributed by atoms with Gasteiger partial charge in [-0.05, 0) is 38.1 Å². The lowest BCUT2D eigenvalue weighted by Crippen LogP contribution is -2.30. The number of benzene rings is 1. The van der Waals surface area contributed by atoms with Crippen molar-refractivity contribution in [2.45, 2.75) is 30.9 Å². The predicted octanol–water partition coefficient (Wildman–Crippen LogP) is 2.26. The summed E-state index contributed by atoms with van der Waals surface area (Å²) in [5, 5.41) is 5.36. The van der Waals surface area contributed by atoms with E-state index in [2.05, 4.69) is 10.6 Å². The van der Waals surface area contributed by atoms with Gasteiger partial charge in [-0.1, -0.05) is 0 Å². The molecule has 2 amide bonds. The van der Waals surface area contributed by atoms with Crippen LogP contribution in [0.3, 0.4) is 0 Å². The fraction of sp³-hybridized carbons (Fsp3) is 0.385. The largest absolute Gasteiger partial charge is 0.355 e. The summed E-state index contributed by atoms with van der Waals surface area (Å²) < 4.78 is 0. The Morgan fingerprint density at radius 2 is 1.89 bits per heavy atom. The molecular formula is C13H18N2O2S. The normalized spacial score (nSPS) is 11.7. The lowest BCUT2D eigenvalue weighted by Gasteiger charge is -2.11. The standard InChI is InChI=1S/C13H18N2O2S/c1-4-14-13(17)9(2)18-12-7-5-11(6-8-12)15-10(3)16/h5-9H,4H2,1-3H3,(H,14,17)(H,15,16)/t9-/m0/s1. The second kappa shape index (κ2) is 7.06. The summed E-state index contributed by atoms with van der Waals surface area (Å²) in [6.45, 7) is 5.89. The van der Waals surface area contributed by atoms with Gasteiger partial charge in [0.05, 0.1) is 5.25 Å². The van der Waals surface area contributed by atoms with Crippen molar-refractivity contribution in [3.05, 3.63) is 24.3 Å². The molecule has 0 aliphatic heterocycles. The Morgan fingerprint density at radius 1 is 1.28 bits per heavy atom. The highest BCUT2D eigenvalue weighted by Gasteiger charge is 2.12. The lowest BCUT2D eigenvalue weighted by atomic mass is 10.3. The summed E-state index contributed by atoms with van der Waals surface area (Å²) in [6.07, 6.45) is 0. The van der Waals surface area contributed by atoms with Gasteiger partial charge in [-0.2, -0.15) is 0 Å². The monoisotopic (exact) mass is 266 g/mol. The van der Waals surface area contributed by atoms with Crippen LogP contribution in [0.4, 0.5) is 5.69 Å². The maximum Gasteiger partial charge on any atom is 0.233 e. The Kier molecular flexibility index (Phi) is 5.71. The van der Waals surface area contributed by atoms with Crippen LogP contribution >= 0.6 is 11.8 Å². The van der Waals surface area contributed by atoms with E-state index in [0.29, 0.717) is 6.54 Å². The van der Waals surface area contributed by atoms with Crippen LogP contribution in [-0.2, 0) is 9.59 Å². The van der Waals surface area contributed by atoms with Crippen LogP contribution in [0.1, 0.15) is 20.8 Å². The molecule has 1 atom stereocenters. The molecule has 98 valence electrons. The molecule has 0 bridgehead atoms. The number of nitrogens with one attached hydrogen (secondary N) is 2. The van der Waals surface area contributed by atoms with E-state index in [-0.39, 0.29) is 17.1 Å². The van der Waals surface area contributed by atoms with Gasteiger partial charge in [0.1, 0.15) is 0 Å². The first-order chi connectivity index (χ1) is 8.52. The molecule has 0 fully saturated rings. The van der Waals surface area contributed by atoms with Gasteiger partial charge in [-0.3, -0.25) is 9.59 Å². The molecule has 0 aliphatic carbocycles. The van der Waals surface area contributed by atoms with Gasteiger partial charge in [0.2, 0.25) is 11.8 Å². The minimum absolute atomic E-state index is 0.0356. The highest BCUT2D eigenvalue weighted by Crippen LogP contribution is 2.24. The van der Waals surface area contributed by atoms with E-state index in [1.807, 2.05) is 38.1 Å². The van der Waals surface area contributed by atoms with Crippen LogP contribution in [0.5, 0.6) is 0 Å².